The molecule has 4 rings (SSSR count). The van der Waals surface area contributed by atoms with Crippen LogP contribution in [0.3, 0.4) is 0 Å². The van der Waals surface area contributed by atoms with Crippen molar-refractivity contribution in [1.29, 1.82) is 0 Å². The number of H-pyrrole nitrogens is 1. The Morgan fingerprint density at radius 1 is 1.20 bits per heavy atom. The first-order valence-corrected chi connectivity index (χ1v) is 9.85. The number of benzene rings is 2. The molecule has 2 heterocycles. The number of aliphatic hydroxyl groups is 1. The van der Waals surface area contributed by atoms with Crippen LogP contribution in [0.4, 0.5) is 10.5 Å². The summed E-state index contributed by atoms with van der Waals surface area (Å²) in [5, 5.41) is 31.9. The number of phenols is 1. The lowest BCUT2D eigenvalue weighted by Crippen LogP contribution is -2.30. The normalized spacial score (nSPS) is 13.0. The number of rotatable bonds is 6. The van der Waals surface area contributed by atoms with Gasteiger partial charge in [0.25, 0.3) is 0 Å². The number of hydrogen-bond donors (Lipinski definition) is 5. The number of anilines is 1. The number of aromatic hydroxyl groups is 1. The number of urea groups is 1. The van der Waals surface area contributed by atoms with Crippen molar-refractivity contribution in [2.45, 2.75) is 26.1 Å². The van der Waals surface area contributed by atoms with Crippen molar-refractivity contribution in [1.82, 2.24) is 15.5 Å². The average molecular weight is 408 g/mol. The van der Waals surface area contributed by atoms with Crippen molar-refractivity contribution >= 4 is 11.7 Å². The Hall–Kier alpha value is -3.36. The Morgan fingerprint density at radius 2 is 2.03 bits per heavy atom. The maximum absolute atomic E-state index is 12.1. The van der Waals surface area contributed by atoms with Crippen molar-refractivity contribution < 1.29 is 19.7 Å². The zero-order chi connectivity index (χ0) is 20.9. The molecular weight excluding hydrogens is 384 g/mol. The molecule has 8 nitrogen and oxygen atoms in total. The third-order valence-electron chi connectivity index (χ3n) is 5.13. The fourth-order valence-electron chi connectivity index (χ4n) is 3.48. The van der Waals surface area contributed by atoms with Crippen LogP contribution >= 0.6 is 0 Å². The molecule has 5 N–H and O–H groups in total. The minimum absolute atomic E-state index is 0.0678. The van der Waals surface area contributed by atoms with Crippen LogP contribution in [0, 0.1) is 0 Å². The molecule has 0 unspecified atom stereocenters. The van der Waals surface area contributed by atoms with E-state index in [0.717, 1.165) is 34.5 Å². The van der Waals surface area contributed by atoms with E-state index in [1.807, 2.05) is 24.3 Å². The number of nitrogens with one attached hydrogen (secondary N) is 3. The van der Waals surface area contributed by atoms with Crippen LogP contribution in [0.2, 0.25) is 0 Å². The molecule has 0 saturated carbocycles. The molecule has 0 radical (unpaired) electrons. The smallest absolute Gasteiger partial charge is 0.319 e. The van der Waals surface area contributed by atoms with E-state index < -0.39 is 0 Å². The summed E-state index contributed by atoms with van der Waals surface area (Å²) in [7, 11) is 0. The van der Waals surface area contributed by atoms with Crippen LogP contribution in [0.15, 0.2) is 42.5 Å². The number of amides is 2. The van der Waals surface area contributed by atoms with Crippen molar-refractivity contribution in [3.63, 3.8) is 0 Å². The fourth-order valence-corrected chi connectivity index (χ4v) is 3.48. The van der Waals surface area contributed by atoms with E-state index >= 15 is 0 Å². The van der Waals surface area contributed by atoms with Gasteiger partial charge in [0.2, 0.25) is 0 Å². The van der Waals surface area contributed by atoms with Crippen molar-refractivity contribution in [3.05, 3.63) is 64.8 Å². The number of fused-ring (bicyclic) bond motifs is 1. The molecule has 0 atom stereocenters. The molecule has 0 aliphatic carbocycles. The molecule has 2 aromatic carbocycles. The summed E-state index contributed by atoms with van der Waals surface area (Å²) in [5.41, 5.74) is 6.15. The summed E-state index contributed by atoms with van der Waals surface area (Å²) < 4.78 is 5.53. The highest BCUT2D eigenvalue weighted by Crippen LogP contribution is 2.28. The number of nitrogens with zero attached hydrogens (tertiary/aromatic N) is 1. The highest BCUT2D eigenvalue weighted by molar-refractivity contribution is 5.89. The number of ether oxygens (including phenoxy) is 1. The van der Waals surface area contributed by atoms with Crippen molar-refractivity contribution in [3.8, 4) is 17.0 Å². The van der Waals surface area contributed by atoms with Gasteiger partial charge in [-0.2, -0.15) is 5.10 Å². The zero-order valence-corrected chi connectivity index (χ0v) is 16.4. The van der Waals surface area contributed by atoms with Crippen LogP contribution in [0.5, 0.6) is 5.75 Å². The zero-order valence-electron chi connectivity index (χ0n) is 16.4. The van der Waals surface area contributed by atoms with Gasteiger partial charge >= 0.3 is 6.03 Å². The summed E-state index contributed by atoms with van der Waals surface area (Å²) in [5.74, 6) is 0.0678. The highest BCUT2D eigenvalue weighted by atomic mass is 16.5. The Labute approximate surface area is 173 Å². The van der Waals surface area contributed by atoms with E-state index in [1.165, 1.54) is 0 Å². The van der Waals surface area contributed by atoms with Crippen LogP contribution in [0.25, 0.3) is 11.3 Å². The van der Waals surface area contributed by atoms with Gasteiger partial charge in [-0.1, -0.05) is 18.2 Å². The van der Waals surface area contributed by atoms with Gasteiger partial charge in [-0.3, -0.25) is 5.10 Å². The quantitative estimate of drug-likeness (QED) is 0.430. The standard InChI is InChI=1S/C22H24N4O4/c27-12-16-11-14(1-6-20(16)28)7-9-23-22(29)24-17-4-2-15(3-5-17)21-18-13-30-10-8-19(18)25-26-21/h1-6,11,27-28H,7-10,12-13H2,(H,25,26)(H2,23,24,29). The SMILES string of the molecule is O=C(NCCc1ccc(O)c(CO)c1)Nc1ccc(-c2n[nH]c3c2COCC3)cc1. The average Bonchev–Trinajstić information content (AvgIpc) is 3.19. The molecule has 1 aliphatic heterocycles. The van der Waals surface area contributed by atoms with Crippen LogP contribution in [0.1, 0.15) is 22.4 Å². The Kier molecular flexibility index (Phi) is 5.97. The van der Waals surface area contributed by atoms with Gasteiger partial charge < -0.3 is 25.6 Å². The third-order valence-corrected chi connectivity index (χ3v) is 5.13. The Balaban J connectivity index is 1.30. The van der Waals surface area contributed by atoms with Crippen molar-refractivity contribution in [2.75, 3.05) is 18.5 Å². The number of carbonyl (C=O) groups excluding carboxylic acids is 1. The second-order valence-electron chi connectivity index (χ2n) is 7.16. The molecule has 0 fully saturated rings. The molecule has 1 aliphatic rings. The molecule has 1 aromatic heterocycles. The van der Waals surface area contributed by atoms with E-state index in [9.17, 15) is 15.0 Å². The Bertz CT molecular complexity index is 1030. The summed E-state index contributed by atoms with van der Waals surface area (Å²) in [6, 6.07) is 12.3. The molecule has 3 aromatic rings. The minimum Gasteiger partial charge on any atom is -0.508 e. The maximum atomic E-state index is 12.1. The summed E-state index contributed by atoms with van der Waals surface area (Å²) in [4.78, 5) is 12.1. The first kappa shape index (κ1) is 19.9. The maximum Gasteiger partial charge on any atom is 0.319 e. The second kappa shape index (κ2) is 8.98. The predicted octanol–water partition coefficient (Wildman–Crippen LogP) is 2.71. The van der Waals surface area contributed by atoms with Crippen LogP contribution in [-0.2, 0) is 30.8 Å². The minimum atomic E-state index is -0.297. The number of carbonyl (C=O) groups is 1. The topological polar surface area (TPSA) is 120 Å². The van der Waals surface area contributed by atoms with Crippen molar-refractivity contribution in [2.24, 2.45) is 0 Å². The monoisotopic (exact) mass is 408 g/mol. The first-order valence-electron chi connectivity index (χ1n) is 9.85. The number of hydrogen-bond acceptors (Lipinski definition) is 5. The van der Waals surface area contributed by atoms with Crippen LogP contribution < -0.4 is 10.6 Å². The number of aliphatic hydroxyl groups excluding tert-OH is 1. The van der Waals surface area contributed by atoms with E-state index in [-0.39, 0.29) is 18.4 Å². The fraction of sp³-hybridized carbons (Fsp3) is 0.273. The molecule has 0 saturated heterocycles. The largest absolute Gasteiger partial charge is 0.508 e. The molecule has 156 valence electrons. The van der Waals surface area contributed by atoms with Crippen LogP contribution in [-0.4, -0.2) is 39.6 Å². The lowest BCUT2D eigenvalue weighted by molar-refractivity contribution is 0.110. The summed E-state index contributed by atoms with van der Waals surface area (Å²) in [6.07, 6.45) is 1.43. The summed E-state index contributed by atoms with van der Waals surface area (Å²) >= 11 is 0. The molecule has 8 heteroatoms. The number of aromatic nitrogens is 2. The van der Waals surface area contributed by atoms with Gasteiger partial charge in [0.05, 0.1) is 25.5 Å². The van der Waals surface area contributed by atoms with E-state index in [0.29, 0.717) is 37.4 Å². The van der Waals surface area contributed by atoms with E-state index in [2.05, 4.69) is 20.8 Å². The lowest BCUT2D eigenvalue weighted by atomic mass is 10.0. The molecule has 0 spiro atoms. The van der Waals surface area contributed by atoms with Gasteiger partial charge in [-0.05, 0) is 36.2 Å². The molecule has 0 bridgehead atoms. The van der Waals surface area contributed by atoms with Gasteiger partial charge in [-0.15, -0.1) is 0 Å². The number of aromatic amines is 1. The van der Waals surface area contributed by atoms with Gasteiger partial charge in [0, 0.05) is 41.0 Å². The van der Waals surface area contributed by atoms with E-state index in [1.54, 1.807) is 18.2 Å². The molecule has 2 amide bonds. The van der Waals surface area contributed by atoms with E-state index in [4.69, 9.17) is 4.74 Å². The summed E-state index contributed by atoms with van der Waals surface area (Å²) in [6.45, 7) is 1.48. The van der Waals surface area contributed by atoms with Gasteiger partial charge in [0.1, 0.15) is 5.75 Å². The molecular formula is C22H24N4O4. The predicted molar refractivity (Wildman–Crippen MR) is 112 cm³/mol. The Morgan fingerprint density at radius 3 is 2.83 bits per heavy atom. The highest BCUT2D eigenvalue weighted by Gasteiger charge is 2.18. The second-order valence-corrected chi connectivity index (χ2v) is 7.16. The van der Waals surface area contributed by atoms with Gasteiger partial charge in [-0.25, -0.2) is 4.79 Å². The molecule has 30 heavy (non-hydrogen) atoms. The third kappa shape index (κ3) is 4.45. The lowest BCUT2D eigenvalue weighted by Gasteiger charge is -2.12. The first-order chi connectivity index (χ1) is 14.6. The van der Waals surface area contributed by atoms with Gasteiger partial charge in [0.15, 0.2) is 0 Å².